The van der Waals surface area contributed by atoms with Crippen LogP contribution in [0.2, 0.25) is 0 Å². The molecule has 0 aromatic rings. The van der Waals surface area contributed by atoms with Gasteiger partial charge >= 0.3 is 0 Å². The lowest BCUT2D eigenvalue weighted by Gasteiger charge is -2.07. The molecule has 0 saturated heterocycles. The van der Waals surface area contributed by atoms with Crippen LogP contribution in [-0.2, 0) is 4.79 Å². The van der Waals surface area contributed by atoms with E-state index in [1.807, 2.05) is 0 Å². The molecule has 0 bridgehead atoms. The van der Waals surface area contributed by atoms with Crippen molar-refractivity contribution < 1.29 is 4.79 Å². The minimum Gasteiger partial charge on any atom is -0.355 e. The van der Waals surface area contributed by atoms with Gasteiger partial charge in [0.05, 0.1) is 6.54 Å². The molecule has 2 N–H and O–H groups in total. The van der Waals surface area contributed by atoms with Crippen LogP contribution in [0.4, 0.5) is 0 Å². The Labute approximate surface area is 93.0 Å². The fourth-order valence-electron chi connectivity index (χ4n) is 1.62. The molecule has 3 heteroatoms. The van der Waals surface area contributed by atoms with E-state index in [-0.39, 0.29) is 5.91 Å². The zero-order valence-corrected chi connectivity index (χ0v) is 10.2. The minimum absolute atomic E-state index is 0.129. The highest BCUT2D eigenvalue weighted by Crippen LogP contribution is 2.36. The number of rotatable bonds is 7. The minimum atomic E-state index is 0.129. The van der Waals surface area contributed by atoms with Crippen LogP contribution >= 0.6 is 0 Å². The first-order valence-electron chi connectivity index (χ1n) is 6.07. The third kappa shape index (κ3) is 5.78. The number of carbonyl (C=O) groups excluding carboxylic acids is 1. The normalized spacial score (nSPS) is 24.3. The van der Waals surface area contributed by atoms with E-state index in [1.165, 1.54) is 6.42 Å². The summed E-state index contributed by atoms with van der Waals surface area (Å²) in [6.45, 7) is 8.87. The lowest BCUT2D eigenvalue weighted by Crippen LogP contribution is -2.35. The van der Waals surface area contributed by atoms with E-state index in [9.17, 15) is 4.79 Å². The van der Waals surface area contributed by atoms with Crippen LogP contribution in [0.1, 0.15) is 33.6 Å². The fraction of sp³-hybridized carbons (Fsp3) is 0.917. The standard InChI is InChI=1S/C12H24N2O/c1-9(2)4-5-14-12(15)8-13-7-11-6-10(11)3/h9-11,13H,4-8H2,1-3H3,(H,14,15). The molecule has 88 valence electrons. The van der Waals surface area contributed by atoms with Gasteiger partial charge in [-0.1, -0.05) is 20.8 Å². The summed E-state index contributed by atoms with van der Waals surface area (Å²) in [4.78, 5) is 11.3. The van der Waals surface area contributed by atoms with Crippen LogP contribution in [0.5, 0.6) is 0 Å². The molecular weight excluding hydrogens is 188 g/mol. The second kappa shape index (κ2) is 6.11. The summed E-state index contributed by atoms with van der Waals surface area (Å²) < 4.78 is 0. The molecule has 2 atom stereocenters. The Hall–Kier alpha value is -0.570. The van der Waals surface area contributed by atoms with Gasteiger partial charge in [0.1, 0.15) is 0 Å². The van der Waals surface area contributed by atoms with E-state index in [4.69, 9.17) is 0 Å². The molecule has 1 saturated carbocycles. The molecule has 1 rings (SSSR count). The van der Waals surface area contributed by atoms with Gasteiger partial charge in [-0.15, -0.1) is 0 Å². The van der Waals surface area contributed by atoms with Gasteiger partial charge in [0, 0.05) is 6.54 Å². The van der Waals surface area contributed by atoms with Gasteiger partial charge < -0.3 is 10.6 Å². The lowest BCUT2D eigenvalue weighted by molar-refractivity contribution is -0.120. The Morgan fingerprint density at radius 1 is 1.47 bits per heavy atom. The van der Waals surface area contributed by atoms with E-state index < -0.39 is 0 Å². The number of hydrogen-bond donors (Lipinski definition) is 2. The van der Waals surface area contributed by atoms with Crippen molar-refractivity contribution in [3.63, 3.8) is 0 Å². The molecular formula is C12H24N2O. The summed E-state index contributed by atoms with van der Waals surface area (Å²) >= 11 is 0. The number of carbonyl (C=O) groups is 1. The van der Waals surface area contributed by atoms with E-state index in [0.29, 0.717) is 12.5 Å². The lowest BCUT2D eigenvalue weighted by atomic mass is 10.1. The highest BCUT2D eigenvalue weighted by molar-refractivity contribution is 5.77. The van der Waals surface area contributed by atoms with Gasteiger partial charge in [0.2, 0.25) is 5.91 Å². The van der Waals surface area contributed by atoms with Crippen molar-refractivity contribution in [1.29, 1.82) is 0 Å². The summed E-state index contributed by atoms with van der Waals surface area (Å²) in [5.41, 5.74) is 0. The Morgan fingerprint density at radius 2 is 2.13 bits per heavy atom. The first-order valence-corrected chi connectivity index (χ1v) is 6.07. The summed E-state index contributed by atoms with van der Waals surface area (Å²) in [7, 11) is 0. The quantitative estimate of drug-likeness (QED) is 0.669. The Morgan fingerprint density at radius 3 is 2.67 bits per heavy atom. The molecule has 1 aliphatic rings. The molecule has 3 nitrogen and oxygen atoms in total. The molecule has 1 fully saturated rings. The van der Waals surface area contributed by atoms with Crippen molar-refractivity contribution in [3.05, 3.63) is 0 Å². The van der Waals surface area contributed by atoms with Crippen LogP contribution in [0, 0.1) is 17.8 Å². The van der Waals surface area contributed by atoms with Crippen molar-refractivity contribution in [2.24, 2.45) is 17.8 Å². The zero-order chi connectivity index (χ0) is 11.3. The first kappa shape index (κ1) is 12.5. The molecule has 15 heavy (non-hydrogen) atoms. The molecule has 0 heterocycles. The second-order valence-corrected chi connectivity index (χ2v) is 5.14. The Kier molecular flexibility index (Phi) is 5.09. The van der Waals surface area contributed by atoms with Crippen molar-refractivity contribution in [2.45, 2.75) is 33.6 Å². The van der Waals surface area contributed by atoms with E-state index in [0.717, 1.165) is 31.3 Å². The van der Waals surface area contributed by atoms with Gasteiger partial charge in [0.25, 0.3) is 0 Å². The summed E-state index contributed by atoms with van der Waals surface area (Å²) in [6.07, 6.45) is 2.38. The largest absolute Gasteiger partial charge is 0.355 e. The van der Waals surface area contributed by atoms with Crippen molar-refractivity contribution >= 4 is 5.91 Å². The highest BCUT2D eigenvalue weighted by Gasteiger charge is 2.31. The third-order valence-electron chi connectivity index (χ3n) is 3.01. The third-order valence-corrected chi connectivity index (χ3v) is 3.01. The van der Waals surface area contributed by atoms with Gasteiger partial charge in [-0.05, 0) is 37.1 Å². The number of nitrogens with one attached hydrogen (secondary N) is 2. The van der Waals surface area contributed by atoms with Crippen LogP contribution < -0.4 is 10.6 Å². The Balaban J connectivity index is 1.89. The predicted octanol–water partition coefficient (Wildman–Crippen LogP) is 1.39. The molecule has 0 aromatic carbocycles. The highest BCUT2D eigenvalue weighted by atomic mass is 16.1. The van der Waals surface area contributed by atoms with Crippen molar-refractivity contribution in [3.8, 4) is 0 Å². The molecule has 0 aromatic heterocycles. The van der Waals surface area contributed by atoms with Gasteiger partial charge in [0.15, 0.2) is 0 Å². The van der Waals surface area contributed by atoms with E-state index >= 15 is 0 Å². The monoisotopic (exact) mass is 212 g/mol. The molecule has 0 radical (unpaired) electrons. The predicted molar refractivity (Wildman–Crippen MR) is 62.6 cm³/mol. The maximum Gasteiger partial charge on any atom is 0.233 e. The molecule has 0 aliphatic heterocycles. The molecule has 1 aliphatic carbocycles. The zero-order valence-electron chi connectivity index (χ0n) is 10.2. The molecule has 2 unspecified atom stereocenters. The number of amides is 1. The van der Waals surface area contributed by atoms with Crippen LogP contribution in [0.15, 0.2) is 0 Å². The van der Waals surface area contributed by atoms with Gasteiger partial charge in [-0.3, -0.25) is 4.79 Å². The van der Waals surface area contributed by atoms with E-state index in [2.05, 4.69) is 31.4 Å². The number of hydrogen-bond acceptors (Lipinski definition) is 2. The second-order valence-electron chi connectivity index (χ2n) is 5.14. The van der Waals surface area contributed by atoms with Crippen LogP contribution in [-0.4, -0.2) is 25.5 Å². The smallest absolute Gasteiger partial charge is 0.233 e. The Bertz CT molecular complexity index is 204. The summed E-state index contributed by atoms with van der Waals surface area (Å²) in [6, 6.07) is 0. The maximum absolute atomic E-state index is 11.3. The average Bonchev–Trinajstić information content (AvgIpc) is 2.81. The first-order chi connectivity index (χ1) is 7.09. The summed E-state index contributed by atoms with van der Waals surface area (Å²) in [5, 5.41) is 6.12. The molecule has 0 spiro atoms. The maximum atomic E-state index is 11.3. The van der Waals surface area contributed by atoms with Crippen molar-refractivity contribution in [2.75, 3.05) is 19.6 Å². The van der Waals surface area contributed by atoms with Crippen LogP contribution in [0.25, 0.3) is 0 Å². The van der Waals surface area contributed by atoms with Crippen LogP contribution in [0.3, 0.4) is 0 Å². The van der Waals surface area contributed by atoms with Crippen molar-refractivity contribution in [1.82, 2.24) is 10.6 Å². The van der Waals surface area contributed by atoms with Gasteiger partial charge in [-0.25, -0.2) is 0 Å². The average molecular weight is 212 g/mol. The summed E-state index contributed by atoms with van der Waals surface area (Å²) in [5.74, 6) is 2.46. The van der Waals surface area contributed by atoms with E-state index in [1.54, 1.807) is 0 Å². The van der Waals surface area contributed by atoms with Gasteiger partial charge in [-0.2, -0.15) is 0 Å². The fourth-order valence-corrected chi connectivity index (χ4v) is 1.62. The SMILES string of the molecule is CC(C)CCNC(=O)CNCC1CC1C. The molecule has 1 amide bonds. The topological polar surface area (TPSA) is 41.1 Å².